The zero-order valence-electron chi connectivity index (χ0n) is 21.5. The van der Waals surface area contributed by atoms with Gasteiger partial charge in [0.2, 0.25) is 5.91 Å². The van der Waals surface area contributed by atoms with Gasteiger partial charge in [-0.15, -0.1) is 0 Å². The lowest BCUT2D eigenvalue weighted by Crippen LogP contribution is -2.25. The van der Waals surface area contributed by atoms with Crippen LogP contribution in [0.2, 0.25) is 0 Å². The van der Waals surface area contributed by atoms with Gasteiger partial charge in [-0.3, -0.25) is 4.79 Å². The van der Waals surface area contributed by atoms with Crippen molar-refractivity contribution in [2.45, 2.75) is 58.4 Å². The van der Waals surface area contributed by atoms with Crippen LogP contribution < -0.4 is 9.64 Å². The molecule has 1 aromatic heterocycles. The average molecular weight is 482 g/mol. The van der Waals surface area contributed by atoms with E-state index in [0.717, 1.165) is 53.2 Å². The molecular weight excluding hydrogens is 446 g/mol. The molecule has 4 aromatic rings. The van der Waals surface area contributed by atoms with E-state index < -0.39 is 0 Å². The summed E-state index contributed by atoms with van der Waals surface area (Å²) in [5.41, 5.74) is 5.57. The summed E-state index contributed by atoms with van der Waals surface area (Å²) >= 11 is 0. The first-order chi connectivity index (χ1) is 17.5. The fourth-order valence-electron chi connectivity index (χ4n) is 5.16. The molecule has 2 heterocycles. The van der Waals surface area contributed by atoms with E-state index in [9.17, 15) is 4.79 Å². The van der Waals surface area contributed by atoms with Gasteiger partial charge in [0.15, 0.2) is 0 Å². The highest BCUT2D eigenvalue weighted by molar-refractivity contribution is 5.97. The van der Waals surface area contributed by atoms with Crippen molar-refractivity contribution in [3.8, 4) is 5.75 Å². The molecule has 1 aliphatic heterocycles. The lowest BCUT2D eigenvalue weighted by Gasteiger charge is -2.19. The lowest BCUT2D eigenvalue weighted by atomic mass is 9.99. The fourth-order valence-corrected chi connectivity index (χ4v) is 5.16. The number of benzene rings is 3. The standard InChI is InChI=1S/C31H35N3O2/c1-4-22(2)24-14-16-26(17-15-24)36-19-9-18-33-29-13-8-6-11-27(29)32-31(33)25-20-30(35)34(21-25)28-12-7-5-10-23(28)3/h5-8,10-17,22,25H,4,9,18-21H2,1-3H3. The Hall–Kier alpha value is -3.60. The maximum Gasteiger partial charge on any atom is 0.227 e. The molecule has 2 unspecified atom stereocenters. The van der Waals surface area contributed by atoms with Crippen LogP contribution in [0.1, 0.15) is 61.9 Å². The number of aryl methyl sites for hydroxylation is 2. The van der Waals surface area contributed by atoms with Crippen LogP contribution in [0.5, 0.6) is 5.75 Å². The van der Waals surface area contributed by atoms with Gasteiger partial charge in [-0.05, 0) is 67.1 Å². The Morgan fingerprint density at radius 2 is 1.78 bits per heavy atom. The van der Waals surface area contributed by atoms with Crippen molar-refractivity contribution in [3.63, 3.8) is 0 Å². The molecule has 1 fully saturated rings. The Kier molecular flexibility index (Phi) is 7.08. The fraction of sp³-hybridized carbons (Fsp3) is 0.355. The second-order valence-electron chi connectivity index (χ2n) is 9.88. The van der Waals surface area contributed by atoms with Crippen molar-refractivity contribution in [1.29, 1.82) is 0 Å². The van der Waals surface area contributed by atoms with Gasteiger partial charge in [0.25, 0.3) is 0 Å². The van der Waals surface area contributed by atoms with Crippen molar-refractivity contribution < 1.29 is 9.53 Å². The summed E-state index contributed by atoms with van der Waals surface area (Å²) < 4.78 is 8.35. The topological polar surface area (TPSA) is 47.4 Å². The molecule has 0 spiro atoms. The third kappa shape index (κ3) is 4.88. The number of hydrogen-bond donors (Lipinski definition) is 0. The zero-order chi connectivity index (χ0) is 25.1. The maximum atomic E-state index is 13.0. The van der Waals surface area contributed by atoms with Gasteiger partial charge < -0.3 is 14.2 Å². The quantitative estimate of drug-likeness (QED) is 0.246. The predicted molar refractivity (Wildman–Crippen MR) is 146 cm³/mol. The normalized spacial score (nSPS) is 16.6. The molecule has 0 bridgehead atoms. The molecular formula is C31H35N3O2. The van der Waals surface area contributed by atoms with Gasteiger partial charge in [-0.1, -0.05) is 56.3 Å². The van der Waals surface area contributed by atoms with E-state index in [4.69, 9.17) is 9.72 Å². The maximum absolute atomic E-state index is 13.0. The second kappa shape index (κ2) is 10.6. The Morgan fingerprint density at radius 1 is 1.03 bits per heavy atom. The highest BCUT2D eigenvalue weighted by Gasteiger charge is 2.35. The molecule has 186 valence electrons. The minimum Gasteiger partial charge on any atom is -0.494 e. The Labute approximate surface area is 213 Å². The SMILES string of the molecule is CCC(C)c1ccc(OCCCn2c(C3CC(=O)N(c4ccccc4C)C3)nc3ccccc32)cc1. The van der Waals surface area contributed by atoms with Gasteiger partial charge >= 0.3 is 0 Å². The first-order valence-corrected chi connectivity index (χ1v) is 13.1. The molecule has 0 radical (unpaired) electrons. The molecule has 3 aromatic carbocycles. The van der Waals surface area contributed by atoms with Gasteiger partial charge in [0.1, 0.15) is 11.6 Å². The minimum absolute atomic E-state index is 0.0681. The highest BCUT2D eigenvalue weighted by atomic mass is 16.5. The molecule has 0 N–H and O–H groups in total. The van der Waals surface area contributed by atoms with E-state index in [1.54, 1.807) is 0 Å². The van der Waals surface area contributed by atoms with E-state index in [0.29, 0.717) is 25.5 Å². The number of hydrogen-bond acceptors (Lipinski definition) is 3. The average Bonchev–Trinajstić information content (AvgIpc) is 3.47. The summed E-state index contributed by atoms with van der Waals surface area (Å²) in [5.74, 6) is 2.71. The largest absolute Gasteiger partial charge is 0.494 e. The van der Waals surface area contributed by atoms with Gasteiger partial charge in [0.05, 0.1) is 17.6 Å². The predicted octanol–water partition coefficient (Wildman–Crippen LogP) is 6.85. The van der Waals surface area contributed by atoms with Crippen LogP contribution in [0, 0.1) is 6.92 Å². The van der Waals surface area contributed by atoms with Crippen molar-refractivity contribution in [2.75, 3.05) is 18.1 Å². The molecule has 1 amide bonds. The number of aromatic nitrogens is 2. The molecule has 2 atom stereocenters. The lowest BCUT2D eigenvalue weighted by molar-refractivity contribution is -0.117. The minimum atomic E-state index is 0.0681. The Morgan fingerprint density at radius 3 is 2.56 bits per heavy atom. The van der Waals surface area contributed by atoms with Gasteiger partial charge in [-0.25, -0.2) is 4.98 Å². The van der Waals surface area contributed by atoms with Gasteiger partial charge in [-0.2, -0.15) is 0 Å². The smallest absolute Gasteiger partial charge is 0.227 e. The summed E-state index contributed by atoms with van der Waals surface area (Å²) in [5, 5.41) is 0. The molecule has 36 heavy (non-hydrogen) atoms. The molecule has 1 saturated heterocycles. The number of carbonyl (C=O) groups excluding carboxylic acids is 1. The third-order valence-electron chi connectivity index (χ3n) is 7.44. The van der Waals surface area contributed by atoms with Crippen LogP contribution in [0.15, 0.2) is 72.8 Å². The van der Waals surface area contributed by atoms with Crippen molar-refractivity contribution in [2.24, 2.45) is 0 Å². The summed E-state index contributed by atoms with van der Waals surface area (Å²) in [4.78, 5) is 19.9. The molecule has 0 saturated carbocycles. The van der Waals surface area contributed by atoms with E-state index in [1.807, 2.05) is 29.2 Å². The molecule has 5 nitrogen and oxygen atoms in total. The molecule has 1 aliphatic rings. The molecule has 5 heteroatoms. The van der Waals surface area contributed by atoms with Gasteiger partial charge in [0, 0.05) is 31.1 Å². The number of amides is 1. The van der Waals surface area contributed by atoms with E-state index in [-0.39, 0.29) is 11.8 Å². The Balaban J connectivity index is 1.30. The van der Waals surface area contributed by atoms with Crippen LogP contribution in [0.25, 0.3) is 11.0 Å². The first kappa shape index (κ1) is 24.1. The summed E-state index contributed by atoms with van der Waals surface area (Å²) in [6, 6.07) is 24.8. The number of anilines is 1. The number of para-hydroxylation sites is 3. The molecule has 5 rings (SSSR count). The van der Waals surface area contributed by atoms with Crippen molar-refractivity contribution in [1.82, 2.24) is 9.55 Å². The highest BCUT2D eigenvalue weighted by Crippen LogP contribution is 2.34. The van der Waals surface area contributed by atoms with Crippen LogP contribution in [0.4, 0.5) is 5.69 Å². The third-order valence-corrected chi connectivity index (χ3v) is 7.44. The number of rotatable bonds is 9. The summed E-state index contributed by atoms with van der Waals surface area (Å²) in [6.45, 7) is 8.62. The summed E-state index contributed by atoms with van der Waals surface area (Å²) in [6.07, 6.45) is 2.48. The number of ether oxygens (including phenoxy) is 1. The van der Waals surface area contributed by atoms with Crippen LogP contribution >= 0.6 is 0 Å². The monoisotopic (exact) mass is 481 g/mol. The van der Waals surface area contributed by atoms with E-state index in [2.05, 4.69) is 73.9 Å². The molecule has 0 aliphatic carbocycles. The number of carbonyl (C=O) groups is 1. The number of fused-ring (bicyclic) bond motifs is 1. The Bertz CT molecular complexity index is 1340. The van der Waals surface area contributed by atoms with Crippen molar-refractivity contribution in [3.05, 3.63) is 89.7 Å². The summed E-state index contributed by atoms with van der Waals surface area (Å²) in [7, 11) is 0. The number of imidazole rings is 1. The van der Waals surface area contributed by atoms with E-state index >= 15 is 0 Å². The van der Waals surface area contributed by atoms with E-state index in [1.165, 1.54) is 5.56 Å². The second-order valence-corrected chi connectivity index (χ2v) is 9.88. The van der Waals surface area contributed by atoms with Crippen LogP contribution in [-0.4, -0.2) is 28.6 Å². The van der Waals surface area contributed by atoms with Crippen LogP contribution in [0.3, 0.4) is 0 Å². The van der Waals surface area contributed by atoms with Crippen LogP contribution in [-0.2, 0) is 11.3 Å². The van der Waals surface area contributed by atoms with Crippen molar-refractivity contribution >= 4 is 22.6 Å². The first-order valence-electron chi connectivity index (χ1n) is 13.1. The number of nitrogens with zero attached hydrogens (tertiary/aromatic N) is 3. The zero-order valence-corrected chi connectivity index (χ0v) is 21.5.